The lowest BCUT2D eigenvalue weighted by atomic mass is 10.1. The zero-order chi connectivity index (χ0) is 16.9. The maximum Gasteiger partial charge on any atom is 0.416 e. The number of nitriles is 4. The van der Waals surface area contributed by atoms with Crippen LogP contribution >= 0.6 is 22.6 Å². The number of hydrogen-bond acceptors (Lipinski definition) is 5. The zero-order valence-electron chi connectivity index (χ0n) is 10.5. The Hall–Kier alpha value is -2.76. The predicted octanol–water partition coefficient (Wildman–Crippen LogP) is 3.42. The standard InChI is InChI=1S/C13H3F3IN5/c14-13(15,16)9-1-7(3-18)12(10(17)2-9)22-11(6-21)8(4-19)5-20/h1-2,22H. The van der Waals surface area contributed by atoms with E-state index in [0.29, 0.717) is 6.07 Å². The van der Waals surface area contributed by atoms with E-state index >= 15 is 0 Å². The summed E-state index contributed by atoms with van der Waals surface area (Å²) in [4.78, 5) is 0. The first-order valence-electron chi connectivity index (χ1n) is 5.31. The third-order valence-electron chi connectivity index (χ3n) is 2.37. The van der Waals surface area contributed by atoms with Crippen LogP contribution in [0.5, 0.6) is 0 Å². The largest absolute Gasteiger partial charge is 0.416 e. The number of nitrogens with one attached hydrogen (secondary N) is 1. The minimum Gasteiger partial charge on any atom is -0.343 e. The molecule has 5 nitrogen and oxygen atoms in total. The summed E-state index contributed by atoms with van der Waals surface area (Å²) in [5, 5.41) is 37.7. The van der Waals surface area contributed by atoms with E-state index in [4.69, 9.17) is 21.0 Å². The molecule has 0 atom stereocenters. The Morgan fingerprint density at radius 1 is 1.05 bits per heavy atom. The van der Waals surface area contributed by atoms with E-state index in [0.717, 1.165) is 6.07 Å². The van der Waals surface area contributed by atoms with Gasteiger partial charge in [-0.2, -0.15) is 34.2 Å². The van der Waals surface area contributed by atoms with E-state index in [-0.39, 0.29) is 14.8 Å². The van der Waals surface area contributed by atoms with Crippen molar-refractivity contribution in [2.45, 2.75) is 6.18 Å². The van der Waals surface area contributed by atoms with Crippen molar-refractivity contribution in [3.8, 4) is 24.3 Å². The number of anilines is 1. The van der Waals surface area contributed by atoms with Gasteiger partial charge in [0.2, 0.25) is 0 Å². The molecule has 0 radical (unpaired) electrons. The fraction of sp³-hybridized carbons (Fsp3) is 0.0769. The van der Waals surface area contributed by atoms with Crippen LogP contribution < -0.4 is 5.32 Å². The fourth-order valence-electron chi connectivity index (χ4n) is 1.39. The number of benzene rings is 1. The number of allylic oxidation sites excluding steroid dienone is 2. The molecule has 22 heavy (non-hydrogen) atoms. The van der Waals surface area contributed by atoms with Crippen molar-refractivity contribution in [2.75, 3.05) is 5.32 Å². The van der Waals surface area contributed by atoms with E-state index in [1.54, 1.807) is 34.7 Å². The molecule has 1 rings (SSSR count). The van der Waals surface area contributed by atoms with Crippen molar-refractivity contribution in [3.63, 3.8) is 0 Å². The van der Waals surface area contributed by atoms with Gasteiger partial charge in [-0.1, -0.05) is 0 Å². The normalized spacial score (nSPS) is 9.64. The van der Waals surface area contributed by atoms with Gasteiger partial charge in [0.05, 0.1) is 16.8 Å². The molecule has 0 bridgehead atoms. The highest BCUT2D eigenvalue weighted by Crippen LogP contribution is 2.35. The Kier molecular flexibility index (Phi) is 5.34. The van der Waals surface area contributed by atoms with Crippen LogP contribution in [0, 0.1) is 48.9 Å². The second kappa shape index (κ2) is 6.80. The maximum atomic E-state index is 12.7. The summed E-state index contributed by atoms with van der Waals surface area (Å²) in [6.45, 7) is 0. The number of rotatable bonds is 2. The number of nitrogens with zero attached hydrogens (tertiary/aromatic N) is 4. The Morgan fingerprint density at radius 2 is 1.64 bits per heavy atom. The van der Waals surface area contributed by atoms with E-state index in [1.165, 1.54) is 12.1 Å². The van der Waals surface area contributed by atoms with Crippen LogP contribution in [0.15, 0.2) is 23.4 Å². The molecule has 1 N–H and O–H groups in total. The average Bonchev–Trinajstić information content (AvgIpc) is 2.47. The molecule has 9 heteroatoms. The summed E-state index contributed by atoms with van der Waals surface area (Å²) < 4.78 is 38.1. The lowest BCUT2D eigenvalue weighted by molar-refractivity contribution is -0.137. The number of alkyl halides is 3. The van der Waals surface area contributed by atoms with Crippen LogP contribution in [0.25, 0.3) is 0 Å². The second-order valence-electron chi connectivity index (χ2n) is 3.70. The van der Waals surface area contributed by atoms with Crippen LogP contribution in [0.2, 0.25) is 0 Å². The maximum absolute atomic E-state index is 12.7. The smallest absolute Gasteiger partial charge is 0.343 e. The van der Waals surface area contributed by atoms with Gasteiger partial charge in [0.25, 0.3) is 0 Å². The van der Waals surface area contributed by atoms with Gasteiger partial charge in [-0.15, -0.1) is 0 Å². The summed E-state index contributed by atoms with van der Waals surface area (Å²) in [5.41, 5.74) is -2.43. The molecule has 0 unspecified atom stereocenters. The topological polar surface area (TPSA) is 107 Å². The summed E-state index contributed by atoms with van der Waals surface area (Å²) >= 11 is 1.56. The fourth-order valence-corrected chi connectivity index (χ4v) is 2.15. The van der Waals surface area contributed by atoms with Crippen molar-refractivity contribution in [2.24, 2.45) is 0 Å². The lowest BCUT2D eigenvalue weighted by Gasteiger charge is -2.13. The van der Waals surface area contributed by atoms with Gasteiger partial charge in [0.1, 0.15) is 30.0 Å². The van der Waals surface area contributed by atoms with Crippen LogP contribution in [0.3, 0.4) is 0 Å². The van der Waals surface area contributed by atoms with Crippen molar-refractivity contribution in [1.29, 1.82) is 21.0 Å². The molecule has 0 aliphatic carbocycles. The van der Waals surface area contributed by atoms with Gasteiger partial charge < -0.3 is 5.32 Å². The lowest BCUT2D eigenvalue weighted by Crippen LogP contribution is -2.09. The molecular formula is C13H3F3IN5. The van der Waals surface area contributed by atoms with E-state index in [1.807, 2.05) is 0 Å². The first-order valence-corrected chi connectivity index (χ1v) is 6.38. The van der Waals surface area contributed by atoms with Crippen LogP contribution in [-0.2, 0) is 6.18 Å². The van der Waals surface area contributed by atoms with Crippen LogP contribution in [0.1, 0.15) is 11.1 Å². The summed E-state index contributed by atoms with van der Waals surface area (Å²) in [7, 11) is 0. The summed E-state index contributed by atoms with van der Waals surface area (Å²) in [6.07, 6.45) is -4.62. The molecule has 0 fully saturated rings. The highest BCUT2D eigenvalue weighted by atomic mass is 127. The Morgan fingerprint density at radius 3 is 2.05 bits per heavy atom. The molecule has 108 valence electrons. The minimum atomic E-state index is -4.62. The van der Waals surface area contributed by atoms with E-state index < -0.39 is 23.0 Å². The van der Waals surface area contributed by atoms with E-state index in [9.17, 15) is 13.2 Å². The van der Waals surface area contributed by atoms with Crippen molar-refractivity contribution in [3.05, 3.63) is 38.1 Å². The third-order valence-corrected chi connectivity index (χ3v) is 3.22. The molecule has 0 heterocycles. The number of hydrogen-bond donors (Lipinski definition) is 1. The SMILES string of the molecule is N#CC(C#N)=C(C#N)Nc1c(I)cc(C(F)(F)F)cc1C#N. The summed E-state index contributed by atoms with van der Waals surface area (Å²) in [5.74, 6) is 0. The molecular weight excluding hydrogens is 410 g/mol. The molecule has 1 aromatic rings. The average molecular weight is 413 g/mol. The molecule has 0 aromatic heterocycles. The Balaban J connectivity index is 3.50. The Bertz CT molecular complexity index is 797. The molecule has 0 aliphatic rings. The molecule has 0 amide bonds. The zero-order valence-corrected chi connectivity index (χ0v) is 12.6. The van der Waals surface area contributed by atoms with Gasteiger partial charge in [-0.05, 0) is 34.7 Å². The second-order valence-corrected chi connectivity index (χ2v) is 4.86. The Labute approximate surface area is 136 Å². The quantitative estimate of drug-likeness (QED) is 0.591. The first kappa shape index (κ1) is 17.3. The van der Waals surface area contributed by atoms with Gasteiger partial charge in [0.15, 0.2) is 5.57 Å². The van der Waals surface area contributed by atoms with Gasteiger partial charge >= 0.3 is 6.18 Å². The van der Waals surface area contributed by atoms with E-state index in [2.05, 4.69) is 5.32 Å². The number of halogens is 4. The predicted molar refractivity (Wildman–Crippen MR) is 76.4 cm³/mol. The first-order chi connectivity index (χ1) is 10.3. The van der Waals surface area contributed by atoms with Crippen molar-refractivity contribution < 1.29 is 13.2 Å². The van der Waals surface area contributed by atoms with Gasteiger partial charge in [0, 0.05) is 3.57 Å². The van der Waals surface area contributed by atoms with Crippen molar-refractivity contribution >= 4 is 28.3 Å². The molecule has 1 aromatic carbocycles. The van der Waals surface area contributed by atoms with Gasteiger partial charge in [-0.3, -0.25) is 0 Å². The molecule has 0 saturated carbocycles. The highest BCUT2D eigenvalue weighted by molar-refractivity contribution is 14.1. The van der Waals surface area contributed by atoms with Crippen molar-refractivity contribution in [1.82, 2.24) is 0 Å². The van der Waals surface area contributed by atoms with Crippen LogP contribution in [0.4, 0.5) is 18.9 Å². The highest BCUT2D eigenvalue weighted by Gasteiger charge is 2.32. The molecule has 0 spiro atoms. The third kappa shape index (κ3) is 3.66. The van der Waals surface area contributed by atoms with Gasteiger partial charge in [-0.25, -0.2) is 0 Å². The molecule has 0 aliphatic heterocycles. The monoisotopic (exact) mass is 413 g/mol. The summed E-state index contributed by atoms with van der Waals surface area (Å²) in [6, 6.07) is 7.53. The van der Waals surface area contributed by atoms with Crippen LogP contribution in [-0.4, -0.2) is 0 Å². The molecule has 0 saturated heterocycles. The minimum absolute atomic E-state index is 0.0203.